The summed E-state index contributed by atoms with van der Waals surface area (Å²) in [6.07, 6.45) is -0.219. The molecule has 0 aromatic heterocycles. The predicted octanol–water partition coefficient (Wildman–Crippen LogP) is 1.01. The van der Waals surface area contributed by atoms with Crippen molar-refractivity contribution >= 4 is 11.9 Å². The quantitative estimate of drug-likeness (QED) is 0.798. The van der Waals surface area contributed by atoms with Gasteiger partial charge in [-0.1, -0.05) is 18.2 Å². The van der Waals surface area contributed by atoms with E-state index in [-0.39, 0.29) is 12.5 Å². The number of carbonyl (C=O) groups is 2. The van der Waals surface area contributed by atoms with Gasteiger partial charge in [0.05, 0.1) is 24.7 Å². The predicted molar refractivity (Wildman–Crippen MR) is 83.9 cm³/mol. The van der Waals surface area contributed by atoms with Crippen molar-refractivity contribution in [2.24, 2.45) is 23.7 Å². The van der Waals surface area contributed by atoms with Gasteiger partial charge in [-0.2, -0.15) is 0 Å². The summed E-state index contributed by atoms with van der Waals surface area (Å²) < 4.78 is 10.5. The molecule has 0 amide bonds. The number of hydrogen-bond acceptors (Lipinski definition) is 6. The fraction of sp³-hybridized carbons (Fsp3) is 0.556. The Morgan fingerprint density at radius 3 is 2.54 bits per heavy atom. The highest BCUT2D eigenvalue weighted by Gasteiger charge is 2.59. The van der Waals surface area contributed by atoms with Crippen LogP contribution in [0.3, 0.4) is 0 Å². The number of hydrogen-bond donors (Lipinski definition) is 2. The summed E-state index contributed by atoms with van der Waals surface area (Å²) in [4.78, 5) is 24.6. The van der Waals surface area contributed by atoms with Crippen molar-refractivity contribution < 1.29 is 29.3 Å². The van der Waals surface area contributed by atoms with E-state index in [2.05, 4.69) is 0 Å². The second kappa shape index (κ2) is 6.91. The summed E-state index contributed by atoms with van der Waals surface area (Å²) >= 11 is 0. The Bertz CT molecular complexity index is 601. The molecule has 6 heteroatoms. The molecule has 2 fully saturated rings. The molecule has 0 radical (unpaired) electrons. The third-order valence-corrected chi connectivity index (χ3v) is 5.40. The van der Waals surface area contributed by atoms with Crippen LogP contribution < -0.4 is 0 Å². The Kier molecular flexibility index (Phi) is 4.87. The largest absolute Gasteiger partial charge is 0.469 e. The number of fused-ring (bicyclic) bond motifs is 2. The first kappa shape index (κ1) is 16.9. The van der Waals surface area contributed by atoms with E-state index in [4.69, 9.17) is 9.47 Å². The minimum atomic E-state index is -0.707. The number of ether oxygens (including phenoxy) is 2. The highest BCUT2D eigenvalue weighted by molar-refractivity contribution is 5.89. The van der Waals surface area contributed by atoms with E-state index >= 15 is 0 Å². The zero-order chi connectivity index (χ0) is 17.3. The summed E-state index contributed by atoms with van der Waals surface area (Å²) in [7, 11) is 1.31. The fourth-order valence-corrected chi connectivity index (χ4v) is 4.35. The highest BCUT2D eigenvalue weighted by Crippen LogP contribution is 2.51. The summed E-state index contributed by atoms with van der Waals surface area (Å²) in [5, 5.41) is 20.1. The van der Waals surface area contributed by atoms with Gasteiger partial charge in [0.15, 0.2) is 0 Å². The molecule has 3 rings (SSSR count). The number of esters is 2. The zero-order valence-electron chi connectivity index (χ0n) is 13.5. The third kappa shape index (κ3) is 2.80. The molecular weight excluding hydrogens is 312 g/mol. The van der Waals surface area contributed by atoms with E-state index in [1.54, 1.807) is 30.3 Å². The zero-order valence-corrected chi connectivity index (χ0v) is 13.5. The first-order valence-electron chi connectivity index (χ1n) is 8.21. The molecule has 2 aliphatic carbocycles. The van der Waals surface area contributed by atoms with Gasteiger partial charge in [0.25, 0.3) is 0 Å². The molecule has 130 valence electrons. The number of rotatable bonds is 4. The van der Waals surface area contributed by atoms with Crippen LogP contribution in [0.2, 0.25) is 0 Å². The van der Waals surface area contributed by atoms with Gasteiger partial charge in [0.2, 0.25) is 0 Å². The molecule has 0 saturated heterocycles. The molecule has 2 saturated carbocycles. The Hall–Kier alpha value is -1.92. The van der Waals surface area contributed by atoms with Crippen LogP contribution in [0, 0.1) is 23.7 Å². The SMILES string of the molecule is COC(=O)[C@@H]1[C@@H]2CC[C@H](O)[C@H]([C@H]1CO)[C@@H]2OC(=O)c1ccccc1. The van der Waals surface area contributed by atoms with E-state index in [0.717, 1.165) is 0 Å². The van der Waals surface area contributed by atoms with Gasteiger partial charge in [-0.05, 0) is 25.0 Å². The van der Waals surface area contributed by atoms with Gasteiger partial charge in [0.1, 0.15) is 6.10 Å². The average Bonchev–Trinajstić information content (AvgIpc) is 2.83. The summed E-state index contributed by atoms with van der Waals surface area (Å²) in [5.74, 6) is -2.62. The number of methoxy groups -OCH3 is 1. The van der Waals surface area contributed by atoms with E-state index in [0.29, 0.717) is 18.4 Å². The van der Waals surface area contributed by atoms with Gasteiger partial charge in [-0.3, -0.25) is 4.79 Å². The highest BCUT2D eigenvalue weighted by atomic mass is 16.5. The molecule has 6 atom stereocenters. The van der Waals surface area contributed by atoms with Gasteiger partial charge >= 0.3 is 11.9 Å². The number of aliphatic hydroxyl groups excluding tert-OH is 2. The minimum absolute atomic E-state index is 0.240. The van der Waals surface area contributed by atoms with Gasteiger partial charge in [0, 0.05) is 24.4 Å². The van der Waals surface area contributed by atoms with Crippen molar-refractivity contribution in [2.45, 2.75) is 25.0 Å². The third-order valence-electron chi connectivity index (χ3n) is 5.40. The molecule has 2 bridgehead atoms. The second-order valence-corrected chi connectivity index (χ2v) is 6.52. The molecule has 2 N–H and O–H groups in total. The molecule has 24 heavy (non-hydrogen) atoms. The lowest BCUT2D eigenvalue weighted by molar-refractivity contribution is -0.149. The van der Waals surface area contributed by atoms with Crippen molar-refractivity contribution in [3.05, 3.63) is 35.9 Å². The maximum Gasteiger partial charge on any atom is 0.338 e. The maximum absolute atomic E-state index is 12.4. The van der Waals surface area contributed by atoms with Crippen molar-refractivity contribution in [3.8, 4) is 0 Å². The normalized spacial score (nSPS) is 34.6. The fourth-order valence-electron chi connectivity index (χ4n) is 4.35. The van der Waals surface area contributed by atoms with Crippen LogP contribution in [0.5, 0.6) is 0 Å². The molecule has 0 spiro atoms. The van der Waals surface area contributed by atoms with Crippen LogP contribution in [-0.2, 0) is 14.3 Å². The van der Waals surface area contributed by atoms with Crippen LogP contribution >= 0.6 is 0 Å². The molecule has 0 aliphatic heterocycles. The summed E-state index contributed by atoms with van der Waals surface area (Å²) in [6.45, 7) is -0.253. The lowest BCUT2D eigenvalue weighted by atomic mass is 9.81. The van der Waals surface area contributed by atoms with Gasteiger partial charge in [-0.15, -0.1) is 0 Å². The van der Waals surface area contributed by atoms with Crippen LogP contribution in [0.15, 0.2) is 30.3 Å². The molecule has 0 unspecified atom stereocenters. The summed E-state index contributed by atoms with van der Waals surface area (Å²) in [5.41, 5.74) is 0.423. The first-order chi connectivity index (χ1) is 11.6. The van der Waals surface area contributed by atoms with Crippen LogP contribution in [0.1, 0.15) is 23.2 Å². The van der Waals surface area contributed by atoms with E-state index in [9.17, 15) is 19.8 Å². The van der Waals surface area contributed by atoms with Crippen LogP contribution in [0.25, 0.3) is 0 Å². The van der Waals surface area contributed by atoms with Crippen molar-refractivity contribution in [1.29, 1.82) is 0 Å². The van der Waals surface area contributed by atoms with Gasteiger partial charge < -0.3 is 19.7 Å². The van der Waals surface area contributed by atoms with E-state index in [1.807, 2.05) is 0 Å². The van der Waals surface area contributed by atoms with Crippen LogP contribution in [-0.4, -0.2) is 48.1 Å². The summed E-state index contributed by atoms with van der Waals surface area (Å²) in [6, 6.07) is 8.61. The van der Waals surface area contributed by atoms with Crippen molar-refractivity contribution in [2.75, 3.05) is 13.7 Å². The van der Waals surface area contributed by atoms with Crippen LogP contribution in [0.4, 0.5) is 0 Å². The monoisotopic (exact) mass is 334 g/mol. The molecule has 1 aromatic carbocycles. The minimum Gasteiger partial charge on any atom is -0.469 e. The van der Waals surface area contributed by atoms with E-state index in [1.165, 1.54) is 7.11 Å². The lowest BCUT2D eigenvalue weighted by Crippen LogP contribution is -2.41. The molecule has 2 aliphatic rings. The Morgan fingerprint density at radius 1 is 1.21 bits per heavy atom. The van der Waals surface area contributed by atoms with Crippen molar-refractivity contribution in [1.82, 2.24) is 0 Å². The Labute approximate surface area is 140 Å². The van der Waals surface area contributed by atoms with Gasteiger partial charge in [-0.25, -0.2) is 4.79 Å². The van der Waals surface area contributed by atoms with E-state index < -0.39 is 41.9 Å². The molecule has 1 aromatic rings. The maximum atomic E-state index is 12.4. The topological polar surface area (TPSA) is 93.1 Å². The number of aliphatic hydroxyl groups is 2. The Morgan fingerprint density at radius 2 is 1.92 bits per heavy atom. The Balaban J connectivity index is 1.87. The molecule has 0 heterocycles. The lowest BCUT2D eigenvalue weighted by Gasteiger charge is -2.34. The smallest absolute Gasteiger partial charge is 0.338 e. The van der Waals surface area contributed by atoms with Crippen molar-refractivity contribution in [3.63, 3.8) is 0 Å². The average molecular weight is 334 g/mol. The molecular formula is C18H22O6. The molecule has 6 nitrogen and oxygen atoms in total. The number of benzene rings is 1. The number of carbonyl (C=O) groups excluding carboxylic acids is 2. The first-order valence-corrected chi connectivity index (χ1v) is 8.21. The standard InChI is InChI=1S/C18H22O6/c1-23-18(22)14-11-7-8-13(20)15(12(14)9-19)16(11)24-17(21)10-5-3-2-4-6-10/h2-6,11-16,19-20H,7-9H2,1H3/t11-,12-,13-,14+,15-,16+/m0/s1. The second-order valence-electron chi connectivity index (χ2n) is 6.52.